The Morgan fingerprint density at radius 2 is 1.89 bits per heavy atom. The molecule has 2 fully saturated rings. The maximum atomic E-state index is 5.06. The number of fused-ring (bicyclic) bond motifs is 1. The van der Waals surface area contributed by atoms with E-state index in [1.54, 1.807) is 7.11 Å². The number of halogens is 1. The van der Waals surface area contributed by atoms with E-state index >= 15 is 0 Å². The highest BCUT2D eigenvalue weighted by molar-refractivity contribution is 14.0. The van der Waals surface area contributed by atoms with E-state index in [9.17, 15) is 0 Å². The minimum absolute atomic E-state index is 0. The molecule has 1 aliphatic carbocycles. The number of aliphatic imine (C=N–C) groups is 1. The molecule has 2 aliphatic rings. The van der Waals surface area contributed by atoms with Crippen molar-refractivity contribution < 1.29 is 4.74 Å². The van der Waals surface area contributed by atoms with Crippen LogP contribution in [0.3, 0.4) is 0 Å². The highest BCUT2D eigenvalue weighted by Gasteiger charge is 2.35. The Hall–Kier alpha value is -0.0400. The van der Waals surface area contributed by atoms with Crippen LogP contribution in [-0.4, -0.2) is 51.3 Å². The van der Waals surface area contributed by atoms with E-state index in [1.807, 2.05) is 7.05 Å². The third kappa shape index (κ3) is 3.98. The first kappa shape index (κ1) is 16.0. The van der Waals surface area contributed by atoms with Gasteiger partial charge in [-0.3, -0.25) is 4.99 Å². The van der Waals surface area contributed by atoms with Gasteiger partial charge in [-0.1, -0.05) is 12.8 Å². The Balaban J connectivity index is 0.00000162. The van der Waals surface area contributed by atoms with Crippen molar-refractivity contribution in [3.8, 4) is 0 Å². The SMILES string of the molecule is CN=C(NCCOC)N1CC2CCCCC2C1.I. The van der Waals surface area contributed by atoms with E-state index in [0.29, 0.717) is 0 Å². The Morgan fingerprint density at radius 3 is 2.39 bits per heavy atom. The van der Waals surface area contributed by atoms with Crippen LogP contribution in [0.15, 0.2) is 4.99 Å². The highest BCUT2D eigenvalue weighted by atomic mass is 127. The molecule has 2 atom stereocenters. The van der Waals surface area contributed by atoms with Crippen molar-refractivity contribution in [2.45, 2.75) is 25.7 Å². The molecule has 2 rings (SSSR count). The lowest BCUT2D eigenvalue weighted by atomic mass is 9.82. The third-order valence-electron chi connectivity index (χ3n) is 4.08. The van der Waals surface area contributed by atoms with Gasteiger partial charge in [0, 0.05) is 33.8 Å². The average molecular weight is 367 g/mol. The van der Waals surface area contributed by atoms with Crippen LogP contribution < -0.4 is 5.32 Å². The van der Waals surface area contributed by atoms with Gasteiger partial charge >= 0.3 is 0 Å². The van der Waals surface area contributed by atoms with Crippen molar-refractivity contribution >= 4 is 29.9 Å². The Kier molecular flexibility index (Phi) is 7.29. The van der Waals surface area contributed by atoms with Crippen LogP contribution in [0.5, 0.6) is 0 Å². The lowest BCUT2D eigenvalue weighted by Crippen LogP contribution is -2.41. The number of likely N-dealkylation sites (tertiary alicyclic amines) is 1. The molecule has 1 heterocycles. The first-order valence-electron chi connectivity index (χ1n) is 6.79. The number of methoxy groups -OCH3 is 1. The van der Waals surface area contributed by atoms with Crippen molar-refractivity contribution in [2.24, 2.45) is 16.8 Å². The zero-order chi connectivity index (χ0) is 12.1. The van der Waals surface area contributed by atoms with Gasteiger partial charge in [0.1, 0.15) is 0 Å². The summed E-state index contributed by atoms with van der Waals surface area (Å²) in [6.07, 6.45) is 5.67. The molecule has 18 heavy (non-hydrogen) atoms. The van der Waals surface area contributed by atoms with Crippen molar-refractivity contribution in [2.75, 3.05) is 40.4 Å². The zero-order valence-corrected chi connectivity index (χ0v) is 13.9. The fourth-order valence-electron chi connectivity index (χ4n) is 3.18. The normalized spacial score (nSPS) is 27.7. The van der Waals surface area contributed by atoms with E-state index < -0.39 is 0 Å². The Morgan fingerprint density at radius 1 is 1.28 bits per heavy atom. The maximum Gasteiger partial charge on any atom is 0.193 e. The highest BCUT2D eigenvalue weighted by Crippen LogP contribution is 2.35. The number of hydrogen-bond donors (Lipinski definition) is 1. The Bertz CT molecular complexity index is 259. The van der Waals surface area contributed by atoms with E-state index in [1.165, 1.54) is 38.8 Å². The first-order chi connectivity index (χ1) is 8.35. The lowest BCUT2D eigenvalue weighted by molar-refractivity contribution is 0.203. The van der Waals surface area contributed by atoms with Gasteiger partial charge < -0.3 is 15.0 Å². The molecule has 0 aromatic heterocycles. The fraction of sp³-hybridized carbons (Fsp3) is 0.923. The topological polar surface area (TPSA) is 36.9 Å². The van der Waals surface area contributed by atoms with Gasteiger partial charge in [-0.05, 0) is 24.7 Å². The van der Waals surface area contributed by atoms with Crippen LogP contribution in [0.2, 0.25) is 0 Å². The number of hydrogen-bond acceptors (Lipinski definition) is 2. The predicted molar refractivity (Wildman–Crippen MR) is 85.7 cm³/mol. The largest absolute Gasteiger partial charge is 0.383 e. The standard InChI is InChI=1S/C13H25N3O.HI/c1-14-13(15-7-8-17-2)16-9-11-5-3-4-6-12(11)10-16;/h11-12H,3-10H2,1-2H3,(H,14,15);1H. The molecular weight excluding hydrogens is 341 g/mol. The van der Waals surface area contributed by atoms with Crippen LogP contribution in [0.4, 0.5) is 0 Å². The van der Waals surface area contributed by atoms with Crippen LogP contribution in [-0.2, 0) is 4.74 Å². The fourth-order valence-corrected chi connectivity index (χ4v) is 3.18. The van der Waals surface area contributed by atoms with E-state index in [-0.39, 0.29) is 24.0 Å². The van der Waals surface area contributed by atoms with Gasteiger partial charge in [0.25, 0.3) is 0 Å². The number of rotatable bonds is 3. The predicted octanol–water partition coefficient (Wildman–Crippen LogP) is 1.95. The summed E-state index contributed by atoms with van der Waals surface area (Å²) >= 11 is 0. The van der Waals surface area contributed by atoms with E-state index in [0.717, 1.165) is 30.9 Å². The molecule has 2 unspecified atom stereocenters. The Labute approximate surface area is 128 Å². The molecule has 0 spiro atoms. The number of nitrogens with one attached hydrogen (secondary N) is 1. The molecule has 1 aliphatic heterocycles. The van der Waals surface area contributed by atoms with Crippen molar-refractivity contribution in [3.05, 3.63) is 0 Å². The molecule has 0 amide bonds. The molecule has 0 radical (unpaired) electrons. The molecule has 0 aromatic carbocycles. The first-order valence-corrected chi connectivity index (χ1v) is 6.79. The van der Waals surface area contributed by atoms with E-state index in [2.05, 4.69) is 15.2 Å². The van der Waals surface area contributed by atoms with Crippen LogP contribution in [0, 0.1) is 11.8 Å². The summed E-state index contributed by atoms with van der Waals surface area (Å²) < 4.78 is 5.06. The number of guanidine groups is 1. The number of nitrogens with zero attached hydrogens (tertiary/aromatic N) is 2. The molecule has 1 saturated carbocycles. The van der Waals surface area contributed by atoms with Crippen LogP contribution >= 0.6 is 24.0 Å². The van der Waals surface area contributed by atoms with Gasteiger partial charge in [0.05, 0.1) is 6.61 Å². The second-order valence-corrected chi connectivity index (χ2v) is 5.18. The maximum absolute atomic E-state index is 5.06. The summed E-state index contributed by atoms with van der Waals surface area (Å²) in [5, 5.41) is 3.37. The van der Waals surface area contributed by atoms with Crippen molar-refractivity contribution in [3.63, 3.8) is 0 Å². The minimum atomic E-state index is 0. The summed E-state index contributed by atoms with van der Waals surface area (Å²) in [6, 6.07) is 0. The summed E-state index contributed by atoms with van der Waals surface area (Å²) in [7, 11) is 3.60. The van der Waals surface area contributed by atoms with Gasteiger partial charge in [-0.25, -0.2) is 0 Å². The zero-order valence-electron chi connectivity index (χ0n) is 11.5. The van der Waals surface area contributed by atoms with Gasteiger partial charge in [0.2, 0.25) is 0 Å². The van der Waals surface area contributed by atoms with Gasteiger partial charge in [-0.15, -0.1) is 24.0 Å². The molecule has 1 saturated heterocycles. The van der Waals surface area contributed by atoms with Crippen molar-refractivity contribution in [1.29, 1.82) is 0 Å². The molecule has 5 heteroatoms. The molecule has 0 bridgehead atoms. The summed E-state index contributed by atoms with van der Waals surface area (Å²) in [5.74, 6) is 2.87. The molecule has 0 aromatic rings. The van der Waals surface area contributed by atoms with Gasteiger partial charge in [-0.2, -0.15) is 0 Å². The minimum Gasteiger partial charge on any atom is -0.383 e. The van der Waals surface area contributed by atoms with E-state index in [4.69, 9.17) is 4.74 Å². The monoisotopic (exact) mass is 367 g/mol. The molecular formula is C13H26IN3O. The van der Waals surface area contributed by atoms with Gasteiger partial charge in [0.15, 0.2) is 5.96 Å². The number of ether oxygens (including phenoxy) is 1. The third-order valence-corrected chi connectivity index (χ3v) is 4.08. The second-order valence-electron chi connectivity index (χ2n) is 5.18. The summed E-state index contributed by atoms with van der Waals surface area (Å²) in [5.41, 5.74) is 0. The van der Waals surface area contributed by atoms with Crippen molar-refractivity contribution in [1.82, 2.24) is 10.2 Å². The second kappa shape index (κ2) is 8.19. The molecule has 1 N–H and O–H groups in total. The summed E-state index contributed by atoms with van der Waals surface area (Å²) in [6.45, 7) is 3.96. The molecule has 106 valence electrons. The quantitative estimate of drug-likeness (QED) is 0.359. The summed E-state index contributed by atoms with van der Waals surface area (Å²) in [4.78, 5) is 6.80. The smallest absolute Gasteiger partial charge is 0.193 e. The average Bonchev–Trinajstić information content (AvgIpc) is 2.78. The molecule has 4 nitrogen and oxygen atoms in total. The lowest BCUT2D eigenvalue weighted by Gasteiger charge is -2.22. The van der Waals surface area contributed by atoms with Crippen LogP contribution in [0.1, 0.15) is 25.7 Å². The van der Waals surface area contributed by atoms with Crippen LogP contribution in [0.25, 0.3) is 0 Å².